The summed E-state index contributed by atoms with van der Waals surface area (Å²) in [5.74, 6) is -1.24. The number of hydrogen-bond donors (Lipinski definition) is 3. The Hall–Kier alpha value is -3.36. The lowest BCUT2D eigenvalue weighted by Gasteiger charge is -2.47. The predicted octanol–water partition coefficient (Wildman–Crippen LogP) is 5.26. The Morgan fingerprint density at radius 2 is 1.73 bits per heavy atom. The molecule has 3 N–H and O–H groups in total. The molecule has 0 bridgehead atoms. The van der Waals surface area contributed by atoms with Crippen molar-refractivity contribution in [3.05, 3.63) is 71.9 Å². The van der Waals surface area contributed by atoms with E-state index < -0.39 is 41.0 Å². The van der Waals surface area contributed by atoms with Crippen molar-refractivity contribution >= 4 is 22.9 Å². The lowest BCUT2D eigenvalue weighted by Crippen LogP contribution is -2.67. The van der Waals surface area contributed by atoms with E-state index in [1.165, 1.54) is 4.90 Å². The van der Waals surface area contributed by atoms with Crippen LogP contribution in [0.2, 0.25) is 0 Å². The van der Waals surface area contributed by atoms with Crippen molar-refractivity contribution in [2.75, 3.05) is 6.61 Å². The second kappa shape index (κ2) is 9.84. The largest absolute Gasteiger partial charge is 0.465 e. The van der Waals surface area contributed by atoms with E-state index >= 15 is 0 Å². The van der Waals surface area contributed by atoms with Crippen LogP contribution in [0.3, 0.4) is 0 Å². The lowest BCUT2D eigenvalue weighted by molar-refractivity contribution is -0.285. The monoisotopic (exact) mass is 507 g/mol. The number of H-pyrrole nitrogens is 1. The van der Waals surface area contributed by atoms with Gasteiger partial charge < -0.3 is 24.9 Å². The maximum atomic E-state index is 14.2. The highest BCUT2D eigenvalue weighted by atomic mass is 16.7. The molecule has 2 amide bonds. The van der Waals surface area contributed by atoms with Gasteiger partial charge in [0.2, 0.25) is 5.91 Å². The van der Waals surface area contributed by atoms with Crippen molar-refractivity contribution in [3.63, 3.8) is 0 Å². The number of aromatic nitrogens is 1. The molecule has 198 valence electrons. The highest BCUT2D eigenvalue weighted by molar-refractivity contribution is 5.92. The first kappa shape index (κ1) is 26.7. The standard InChI is InChI=1S/C29H37N3O5/c1-27(2,3)32(26(34)35)29(6,16-20-17-30-22-15-11-10-14-21(20)22)25(33)31-23-18-36-28(4,5)37-24(23)19-12-8-7-9-13-19/h7-15,17,23-24,30H,16,18H2,1-6H3,(H,31,33)(H,34,35)/t23-,24-,29?/m1/s1. The van der Waals surface area contributed by atoms with Gasteiger partial charge in [0.25, 0.3) is 0 Å². The average molecular weight is 508 g/mol. The molecule has 0 saturated carbocycles. The van der Waals surface area contributed by atoms with Gasteiger partial charge in [-0.05, 0) is 58.7 Å². The number of nitrogens with zero attached hydrogens (tertiary/aromatic N) is 1. The highest BCUT2D eigenvalue weighted by Crippen LogP contribution is 2.35. The molecule has 3 atom stereocenters. The number of carbonyl (C=O) groups is 2. The van der Waals surface area contributed by atoms with E-state index in [2.05, 4.69) is 10.3 Å². The molecule has 8 heteroatoms. The first-order chi connectivity index (χ1) is 17.3. The summed E-state index contributed by atoms with van der Waals surface area (Å²) < 4.78 is 12.2. The summed E-state index contributed by atoms with van der Waals surface area (Å²) in [6.07, 6.45) is 0.407. The molecule has 37 heavy (non-hydrogen) atoms. The zero-order chi connectivity index (χ0) is 27.0. The molecule has 1 aromatic heterocycles. The van der Waals surface area contributed by atoms with E-state index in [-0.39, 0.29) is 13.0 Å². The number of carbonyl (C=O) groups excluding carboxylic acids is 1. The summed E-state index contributed by atoms with van der Waals surface area (Å²) in [5, 5.41) is 14.4. The zero-order valence-electron chi connectivity index (χ0n) is 22.4. The van der Waals surface area contributed by atoms with Crippen LogP contribution in [0.5, 0.6) is 0 Å². The molecule has 1 saturated heterocycles. The molecule has 2 aromatic carbocycles. The smallest absolute Gasteiger partial charge is 0.408 e. The van der Waals surface area contributed by atoms with Gasteiger partial charge in [-0.15, -0.1) is 0 Å². The third-order valence-electron chi connectivity index (χ3n) is 6.89. The van der Waals surface area contributed by atoms with Crippen LogP contribution in [-0.2, 0) is 20.7 Å². The number of ether oxygens (including phenoxy) is 2. The van der Waals surface area contributed by atoms with E-state index in [1.54, 1.807) is 27.7 Å². The minimum absolute atomic E-state index is 0.183. The van der Waals surface area contributed by atoms with Crippen molar-refractivity contribution < 1.29 is 24.2 Å². The number of amides is 2. The number of para-hydroxylation sites is 1. The van der Waals surface area contributed by atoms with Crippen LogP contribution in [0.15, 0.2) is 60.8 Å². The van der Waals surface area contributed by atoms with Crippen LogP contribution in [-0.4, -0.2) is 56.5 Å². The van der Waals surface area contributed by atoms with Gasteiger partial charge in [-0.3, -0.25) is 9.69 Å². The van der Waals surface area contributed by atoms with E-state index in [0.717, 1.165) is 22.0 Å². The fourth-order valence-corrected chi connectivity index (χ4v) is 5.33. The molecule has 2 heterocycles. The molecule has 0 aliphatic carbocycles. The Morgan fingerprint density at radius 3 is 2.38 bits per heavy atom. The molecule has 0 radical (unpaired) electrons. The number of aromatic amines is 1. The Kier molecular flexibility index (Phi) is 7.10. The van der Waals surface area contributed by atoms with Crippen molar-refractivity contribution in [2.24, 2.45) is 0 Å². The van der Waals surface area contributed by atoms with Gasteiger partial charge >= 0.3 is 6.09 Å². The maximum absolute atomic E-state index is 14.2. The van der Waals surface area contributed by atoms with Gasteiger partial charge in [-0.1, -0.05) is 48.5 Å². The Morgan fingerprint density at radius 1 is 1.08 bits per heavy atom. The minimum atomic E-state index is -1.43. The number of rotatable bonds is 6. The van der Waals surface area contributed by atoms with Gasteiger partial charge in [0.1, 0.15) is 11.6 Å². The average Bonchev–Trinajstić information content (AvgIpc) is 3.22. The second-order valence-electron chi connectivity index (χ2n) is 11.3. The van der Waals surface area contributed by atoms with E-state index in [4.69, 9.17) is 9.47 Å². The third-order valence-corrected chi connectivity index (χ3v) is 6.89. The molecule has 1 aliphatic rings. The van der Waals surface area contributed by atoms with Gasteiger partial charge in [0, 0.05) is 29.1 Å². The molecule has 0 spiro atoms. The minimum Gasteiger partial charge on any atom is -0.465 e. The number of benzene rings is 2. The SMILES string of the molecule is CC1(C)OC[C@@H](NC(=O)C(C)(Cc2c[nH]c3ccccc23)N(C(=O)O)C(C)(C)C)[C@@H](c2ccccc2)O1. The molecular weight excluding hydrogens is 470 g/mol. The molecule has 1 unspecified atom stereocenters. The fraction of sp³-hybridized carbons (Fsp3) is 0.448. The van der Waals surface area contributed by atoms with Crippen LogP contribution in [0, 0.1) is 0 Å². The first-order valence-electron chi connectivity index (χ1n) is 12.6. The second-order valence-corrected chi connectivity index (χ2v) is 11.3. The van der Waals surface area contributed by atoms with Crippen LogP contribution in [0.1, 0.15) is 58.8 Å². The summed E-state index contributed by atoms with van der Waals surface area (Å²) in [5.41, 5.74) is 0.431. The van der Waals surface area contributed by atoms with E-state index in [0.29, 0.717) is 0 Å². The first-order valence-corrected chi connectivity index (χ1v) is 12.6. The van der Waals surface area contributed by atoms with Crippen LogP contribution < -0.4 is 5.32 Å². The van der Waals surface area contributed by atoms with Gasteiger partial charge in [0.05, 0.1) is 12.6 Å². The Labute approximate surface area is 218 Å². The summed E-state index contributed by atoms with van der Waals surface area (Å²) >= 11 is 0. The zero-order valence-corrected chi connectivity index (χ0v) is 22.4. The highest BCUT2D eigenvalue weighted by Gasteiger charge is 2.49. The molecule has 1 aliphatic heterocycles. The van der Waals surface area contributed by atoms with Gasteiger partial charge in [-0.25, -0.2) is 4.79 Å². The van der Waals surface area contributed by atoms with Crippen LogP contribution in [0.4, 0.5) is 4.79 Å². The normalized spacial score (nSPS) is 21.2. The quantitative estimate of drug-likeness (QED) is 0.422. The molecule has 1 fully saturated rings. The van der Waals surface area contributed by atoms with Crippen molar-refractivity contribution in [3.8, 4) is 0 Å². The van der Waals surface area contributed by atoms with Crippen molar-refractivity contribution in [1.82, 2.24) is 15.2 Å². The van der Waals surface area contributed by atoms with E-state index in [1.807, 2.05) is 74.6 Å². The van der Waals surface area contributed by atoms with E-state index in [9.17, 15) is 14.7 Å². The van der Waals surface area contributed by atoms with Crippen molar-refractivity contribution in [1.29, 1.82) is 0 Å². The molecule has 8 nitrogen and oxygen atoms in total. The lowest BCUT2D eigenvalue weighted by atomic mass is 9.85. The topological polar surface area (TPSA) is 104 Å². The molecule has 3 aromatic rings. The van der Waals surface area contributed by atoms with Crippen molar-refractivity contribution in [2.45, 2.75) is 77.0 Å². The summed E-state index contributed by atoms with van der Waals surface area (Å²) in [6.45, 7) is 11.0. The third kappa shape index (κ3) is 5.50. The number of fused-ring (bicyclic) bond motifs is 1. The van der Waals surface area contributed by atoms with Crippen LogP contribution >= 0.6 is 0 Å². The number of carboxylic acid groups (broad SMARTS) is 1. The number of nitrogens with one attached hydrogen (secondary N) is 2. The maximum Gasteiger partial charge on any atom is 0.408 e. The summed E-state index contributed by atoms with van der Waals surface area (Å²) in [7, 11) is 0. The molecule has 4 rings (SSSR count). The summed E-state index contributed by atoms with van der Waals surface area (Å²) in [4.78, 5) is 31.3. The number of hydrogen-bond acceptors (Lipinski definition) is 4. The summed E-state index contributed by atoms with van der Waals surface area (Å²) in [6, 6.07) is 17.0. The predicted molar refractivity (Wildman–Crippen MR) is 142 cm³/mol. The van der Waals surface area contributed by atoms with Gasteiger partial charge in [0.15, 0.2) is 5.79 Å². The fourth-order valence-electron chi connectivity index (χ4n) is 5.33. The Bertz CT molecular complexity index is 1260. The van der Waals surface area contributed by atoms with Crippen LogP contribution in [0.25, 0.3) is 10.9 Å². The van der Waals surface area contributed by atoms with Gasteiger partial charge in [-0.2, -0.15) is 0 Å². The molecular formula is C29H37N3O5. The Balaban J connectivity index is 1.72.